The number of halogens is 1. The average molecular weight is 644 g/mol. The van der Waals surface area contributed by atoms with Crippen LogP contribution in [0.2, 0.25) is 0 Å². The van der Waals surface area contributed by atoms with Crippen LogP contribution in [0.25, 0.3) is 0 Å². The zero-order chi connectivity index (χ0) is 28.0. The third kappa shape index (κ3) is 9.64. The molecule has 0 saturated carbocycles. The van der Waals surface area contributed by atoms with E-state index >= 15 is 0 Å². The van der Waals surface area contributed by atoms with Gasteiger partial charge in [-0.2, -0.15) is 0 Å². The van der Waals surface area contributed by atoms with Crippen LogP contribution in [-0.4, -0.2) is 57.7 Å². The van der Waals surface area contributed by atoms with E-state index in [2.05, 4.69) is 35.7 Å². The zero-order valence-electron chi connectivity index (χ0n) is 20.9. The van der Waals surface area contributed by atoms with Crippen LogP contribution in [0.4, 0.5) is 28.4 Å². The van der Waals surface area contributed by atoms with Gasteiger partial charge < -0.3 is 14.8 Å². The second-order valence-electron chi connectivity index (χ2n) is 7.33. The molecule has 0 heterocycles. The Bertz CT molecular complexity index is 1430. The van der Waals surface area contributed by atoms with Gasteiger partial charge in [-0.25, -0.2) is 16.8 Å². The minimum absolute atomic E-state index is 0. The summed E-state index contributed by atoms with van der Waals surface area (Å²) in [5, 5.41) is 22.3. The van der Waals surface area contributed by atoms with Gasteiger partial charge in [-0.3, -0.25) is 19.1 Å². The first-order valence-electron chi connectivity index (χ1n) is 10.6. The van der Waals surface area contributed by atoms with Gasteiger partial charge in [-0.15, -0.1) is 10.2 Å². The van der Waals surface area contributed by atoms with Gasteiger partial charge in [0.1, 0.15) is 5.69 Å². The number of nitrogens with one attached hydrogen (secondary N) is 1. The molecule has 0 radical (unpaired) electrons. The first-order valence-corrected chi connectivity index (χ1v) is 14.4. The van der Waals surface area contributed by atoms with Crippen molar-refractivity contribution >= 4 is 70.5 Å². The van der Waals surface area contributed by atoms with Crippen LogP contribution in [-0.2, 0) is 29.2 Å². The van der Waals surface area contributed by atoms with Crippen LogP contribution in [0, 0.1) is 10.1 Å². The quantitative estimate of drug-likeness (QED) is 0.0862. The SMILES string of the molecule is CCN(CC)c1ccc(N=Nc2c(Br)cc(S(=O)(=O)CCOS(=O)(=O)[O-])cc2[N+](=O)[O-])c(NC(C)=O)c1.[Na+]. The van der Waals surface area contributed by atoms with Crippen molar-refractivity contribution < 1.29 is 64.8 Å². The van der Waals surface area contributed by atoms with Crippen molar-refractivity contribution in [3.63, 3.8) is 0 Å². The maximum absolute atomic E-state index is 12.5. The number of anilines is 2. The Hall–Kier alpha value is -1.99. The van der Waals surface area contributed by atoms with Crippen LogP contribution in [0.3, 0.4) is 0 Å². The van der Waals surface area contributed by atoms with Crippen molar-refractivity contribution in [2.24, 2.45) is 10.2 Å². The second-order valence-corrected chi connectivity index (χ2v) is 11.3. The van der Waals surface area contributed by atoms with Crippen LogP contribution in [0.5, 0.6) is 0 Å². The monoisotopic (exact) mass is 643 g/mol. The minimum Gasteiger partial charge on any atom is -0.726 e. The van der Waals surface area contributed by atoms with Crippen molar-refractivity contribution in [2.75, 3.05) is 35.7 Å². The molecule has 0 bridgehead atoms. The second kappa shape index (κ2) is 14.4. The standard InChI is InChI=1S/C20H24BrN5O9S2.Na/c1-4-25(5-2)14-6-7-17(18(10-14)22-13(3)27)23-24-20-16(21)11-15(12-19(20)26(28)29)36(30,31)9-8-35-37(32,33)34;/h6-7,10-12H,4-5,8-9H2,1-3H3,(H,22,27)(H,32,33,34);/q;+1/p-1. The normalized spacial score (nSPS) is 11.7. The Morgan fingerprint density at radius 2 is 1.76 bits per heavy atom. The van der Waals surface area contributed by atoms with Gasteiger partial charge in [0, 0.05) is 31.8 Å². The summed E-state index contributed by atoms with van der Waals surface area (Å²) >= 11 is 3.06. The summed E-state index contributed by atoms with van der Waals surface area (Å²) in [7, 11) is -9.38. The van der Waals surface area contributed by atoms with E-state index in [-0.39, 0.29) is 51.3 Å². The van der Waals surface area contributed by atoms with E-state index in [0.29, 0.717) is 18.8 Å². The van der Waals surface area contributed by atoms with Crippen LogP contribution in [0.1, 0.15) is 20.8 Å². The van der Waals surface area contributed by atoms with Gasteiger partial charge in [0.2, 0.25) is 16.3 Å². The van der Waals surface area contributed by atoms with Crippen LogP contribution >= 0.6 is 15.9 Å². The van der Waals surface area contributed by atoms with Crippen LogP contribution < -0.4 is 39.8 Å². The number of rotatable bonds is 12. The maximum Gasteiger partial charge on any atom is 1.00 e. The number of azo groups is 1. The fraction of sp³-hybridized carbons (Fsp3) is 0.350. The topological polar surface area (TPSA) is 201 Å². The van der Waals surface area contributed by atoms with Gasteiger partial charge in [-0.1, -0.05) is 0 Å². The van der Waals surface area contributed by atoms with Gasteiger partial charge in [0.25, 0.3) is 5.69 Å². The molecular formula is C20H23BrN5NaO9S2. The molecule has 0 saturated heterocycles. The molecule has 2 aromatic rings. The van der Waals surface area contributed by atoms with Crippen molar-refractivity contribution in [1.29, 1.82) is 0 Å². The Balaban J connectivity index is 0.00000722. The number of carbonyl (C=O) groups excluding carboxylic acids is 1. The summed E-state index contributed by atoms with van der Waals surface area (Å²) in [6, 6.07) is 6.77. The number of hydrogen-bond acceptors (Lipinski definition) is 12. The zero-order valence-corrected chi connectivity index (χ0v) is 26.1. The third-order valence-electron chi connectivity index (χ3n) is 4.83. The number of hydrogen-bond donors (Lipinski definition) is 1. The summed E-state index contributed by atoms with van der Waals surface area (Å²) < 4.78 is 60.4. The summed E-state index contributed by atoms with van der Waals surface area (Å²) in [5.41, 5.74) is 0.300. The molecule has 0 aliphatic rings. The first kappa shape index (κ1) is 34.0. The third-order valence-corrected chi connectivity index (χ3v) is 7.55. The fourth-order valence-electron chi connectivity index (χ4n) is 3.13. The summed E-state index contributed by atoms with van der Waals surface area (Å²) in [5.74, 6) is -1.29. The average Bonchev–Trinajstić information content (AvgIpc) is 2.78. The van der Waals surface area contributed by atoms with Crippen molar-refractivity contribution in [3.05, 3.63) is 44.9 Å². The van der Waals surface area contributed by atoms with E-state index in [1.165, 1.54) is 6.92 Å². The number of nitrogens with zero attached hydrogens (tertiary/aromatic N) is 4. The first-order chi connectivity index (χ1) is 17.2. The number of amides is 1. The number of nitro benzene ring substituents is 1. The van der Waals surface area contributed by atoms with E-state index in [0.717, 1.165) is 17.8 Å². The van der Waals surface area contributed by atoms with Gasteiger partial charge >= 0.3 is 29.6 Å². The van der Waals surface area contributed by atoms with E-state index in [1.54, 1.807) is 18.2 Å². The van der Waals surface area contributed by atoms with Gasteiger partial charge in [0.15, 0.2) is 15.5 Å². The van der Waals surface area contributed by atoms with E-state index in [4.69, 9.17) is 0 Å². The Morgan fingerprint density at radius 3 is 2.29 bits per heavy atom. The summed E-state index contributed by atoms with van der Waals surface area (Å²) in [6.07, 6.45) is 0. The largest absolute Gasteiger partial charge is 1.00 e. The maximum atomic E-state index is 12.5. The summed E-state index contributed by atoms with van der Waals surface area (Å²) in [6.45, 7) is 5.71. The van der Waals surface area contributed by atoms with E-state index < -0.39 is 48.1 Å². The molecule has 0 atom stereocenters. The predicted octanol–water partition coefficient (Wildman–Crippen LogP) is 0.832. The minimum atomic E-state index is -5.11. The van der Waals surface area contributed by atoms with E-state index in [1.807, 2.05) is 18.7 Å². The Kier molecular flexibility index (Phi) is 12.9. The summed E-state index contributed by atoms with van der Waals surface area (Å²) in [4.78, 5) is 24.0. The predicted molar refractivity (Wildman–Crippen MR) is 137 cm³/mol. The molecule has 202 valence electrons. The molecule has 1 N–H and O–H groups in total. The molecule has 0 aliphatic carbocycles. The van der Waals surface area contributed by atoms with Crippen molar-refractivity contribution in [1.82, 2.24) is 0 Å². The van der Waals surface area contributed by atoms with Gasteiger partial charge in [-0.05, 0) is 54.0 Å². The number of nitro groups is 1. The van der Waals surface area contributed by atoms with Crippen LogP contribution in [0.15, 0.2) is 49.9 Å². The molecule has 0 fully saturated rings. The molecule has 14 nitrogen and oxygen atoms in total. The molecular weight excluding hydrogens is 621 g/mol. The number of sulfone groups is 1. The molecule has 18 heteroatoms. The molecule has 1 amide bonds. The molecule has 0 spiro atoms. The number of carbonyl (C=O) groups is 1. The fourth-order valence-corrected chi connectivity index (χ4v) is 5.33. The molecule has 0 aromatic heterocycles. The smallest absolute Gasteiger partial charge is 0.726 e. The Morgan fingerprint density at radius 1 is 1.13 bits per heavy atom. The Labute approximate surface area is 250 Å². The van der Waals surface area contributed by atoms with E-state index in [9.17, 15) is 36.3 Å². The number of benzene rings is 2. The molecule has 0 unspecified atom stereocenters. The van der Waals surface area contributed by atoms with Crippen molar-refractivity contribution in [3.8, 4) is 0 Å². The van der Waals surface area contributed by atoms with Crippen molar-refractivity contribution in [2.45, 2.75) is 25.7 Å². The molecule has 2 aromatic carbocycles. The van der Waals surface area contributed by atoms with Gasteiger partial charge in [0.05, 0.1) is 32.3 Å². The molecule has 2 rings (SSSR count). The molecule has 38 heavy (non-hydrogen) atoms. The molecule has 0 aliphatic heterocycles.